The second-order valence-electron chi connectivity index (χ2n) is 4.58. The third-order valence-corrected chi connectivity index (χ3v) is 2.91. The smallest absolute Gasteiger partial charge is 0.406 e. The Hall–Kier alpha value is -1.71. The second kappa shape index (κ2) is 7.91. The highest BCUT2D eigenvalue weighted by Gasteiger charge is 2.31. The molecule has 2 unspecified atom stereocenters. The Morgan fingerprint density at radius 3 is 2.67 bits per heavy atom. The highest BCUT2D eigenvalue weighted by Crippen LogP contribution is 2.25. The van der Waals surface area contributed by atoms with Crippen molar-refractivity contribution in [3.63, 3.8) is 0 Å². The molecule has 1 aromatic carbocycles. The number of benzene rings is 1. The van der Waals surface area contributed by atoms with E-state index in [1.165, 1.54) is 18.2 Å². The van der Waals surface area contributed by atoms with Crippen LogP contribution in [0.25, 0.3) is 0 Å². The molecule has 0 amide bonds. The number of ether oxygens (including phenoxy) is 1. The van der Waals surface area contributed by atoms with Crippen LogP contribution < -0.4 is 15.8 Å². The van der Waals surface area contributed by atoms with Crippen molar-refractivity contribution in [1.82, 2.24) is 5.32 Å². The SMILES string of the molecule is C#CC(CCC)NC(CN)c1cccc(OC(F)(F)F)c1. The molecule has 21 heavy (non-hydrogen) atoms. The molecule has 2 atom stereocenters. The van der Waals surface area contributed by atoms with Crippen LogP contribution in [-0.4, -0.2) is 18.9 Å². The van der Waals surface area contributed by atoms with E-state index in [0.717, 1.165) is 12.8 Å². The van der Waals surface area contributed by atoms with Crippen LogP contribution >= 0.6 is 0 Å². The fraction of sp³-hybridized carbons (Fsp3) is 0.467. The molecule has 1 rings (SSSR count). The van der Waals surface area contributed by atoms with Gasteiger partial charge in [0.15, 0.2) is 0 Å². The van der Waals surface area contributed by atoms with Crippen LogP contribution in [0.4, 0.5) is 13.2 Å². The van der Waals surface area contributed by atoms with E-state index in [9.17, 15) is 13.2 Å². The molecule has 0 saturated heterocycles. The molecule has 116 valence electrons. The summed E-state index contributed by atoms with van der Waals surface area (Å²) in [5, 5.41) is 3.16. The van der Waals surface area contributed by atoms with E-state index in [-0.39, 0.29) is 24.4 Å². The minimum absolute atomic E-state index is 0.171. The number of hydrogen-bond donors (Lipinski definition) is 2. The van der Waals surface area contributed by atoms with Crippen molar-refractivity contribution in [3.05, 3.63) is 29.8 Å². The molecule has 1 aromatic rings. The Balaban J connectivity index is 2.86. The summed E-state index contributed by atoms with van der Waals surface area (Å²) < 4.78 is 40.6. The van der Waals surface area contributed by atoms with E-state index < -0.39 is 6.36 Å². The van der Waals surface area contributed by atoms with Crippen LogP contribution in [0.5, 0.6) is 5.75 Å². The number of nitrogens with one attached hydrogen (secondary N) is 1. The highest BCUT2D eigenvalue weighted by molar-refractivity contribution is 5.31. The first-order chi connectivity index (χ1) is 9.89. The van der Waals surface area contributed by atoms with Gasteiger partial charge < -0.3 is 10.5 Å². The lowest BCUT2D eigenvalue weighted by molar-refractivity contribution is -0.274. The van der Waals surface area contributed by atoms with Crippen molar-refractivity contribution < 1.29 is 17.9 Å². The molecule has 0 saturated carbocycles. The van der Waals surface area contributed by atoms with Gasteiger partial charge in [-0.25, -0.2) is 0 Å². The molecule has 6 heteroatoms. The van der Waals surface area contributed by atoms with E-state index in [0.29, 0.717) is 5.56 Å². The first kappa shape index (κ1) is 17.3. The van der Waals surface area contributed by atoms with Crippen molar-refractivity contribution in [2.24, 2.45) is 5.73 Å². The molecule has 0 spiro atoms. The summed E-state index contributed by atoms with van der Waals surface area (Å²) in [4.78, 5) is 0. The Bertz CT molecular complexity index is 483. The molecule has 0 heterocycles. The number of halogens is 3. The summed E-state index contributed by atoms with van der Waals surface area (Å²) in [6, 6.07) is 5.25. The molecule has 3 N–H and O–H groups in total. The van der Waals surface area contributed by atoms with Crippen LogP contribution in [0.2, 0.25) is 0 Å². The van der Waals surface area contributed by atoms with Crippen LogP contribution in [-0.2, 0) is 0 Å². The molecule has 3 nitrogen and oxygen atoms in total. The largest absolute Gasteiger partial charge is 0.573 e. The summed E-state index contributed by atoms with van der Waals surface area (Å²) in [6.07, 6.45) is 2.38. The van der Waals surface area contributed by atoms with Crippen molar-refractivity contribution in [2.45, 2.75) is 38.2 Å². The lowest BCUT2D eigenvalue weighted by Crippen LogP contribution is -2.35. The topological polar surface area (TPSA) is 47.3 Å². The standard InChI is InChI=1S/C15H19F3N2O/c1-3-6-12(4-2)20-14(10-19)11-7-5-8-13(9-11)21-15(16,17)18/h2,5,7-9,12,14,20H,3,6,10,19H2,1H3. The van der Waals surface area contributed by atoms with Gasteiger partial charge >= 0.3 is 6.36 Å². The highest BCUT2D eigenvalue weighted by atomic mass is 19.4. The Morgan fingerprint density at radius 2 is 2.14 bits per heavy atom. The maximum atomic E-state index is 12.2. The van der Waals surface area contributed by atoms with Crippen molar-refractivity contribution >= 4 is 0 Å². The monoisotopic (exact) mass is 300 g/mol. The third kappa shape index (κ3) is 6.06. The van der Waals surface area contributed by atoms with E-state index in [1.807, 2.05) is 6.92 Å². The molecule has 0 radical (unpaired) electrons. The zero-order valence-electron chi connectivity index (χ0n) is 11.8. The second-order valence-corrected chi connectivity index (χ2v) is 4.58. The number of rotatable bonds is 7. The fourth-order valence-electron chi connectivity index (χ4n) is 1.98. The van der Waals surface area contributed by atoms with Crippen LogP contribution in [0.3, 0.4) is 0 Å². The van der Waals surface area contributed by atoms with Gasteiger partial charge in [-0.1, -0.05) is 31.4 Å². The van der Waals surface area contributed by atoms with Crippen molar-refractivity contribution in [2.75, 3.05) is 6.54 Å². The molecule has 0 aromatic heterocycles. The summed E-state index contributed by atoms with van der Waals surface area (Å²) >= 11 is 0. The van der Waals surface area contributed by atoms with Crippen molar-refractivity contribution in [1.29, 1.82) is 0 Å². The predicted molar refractivity (Wildman–Crippen MR) is 75.6 cm³/mol. The van der Waals surface area contributed by atoms with Gasteiger partial charge in [-0.15, -0.1) is 19.6 Å². The zero-order chi connectivity index (χ0) is 15.9. The van der Waals surface area contributed by atoms with Gasteiger partial charge in [0.1, 0.15) is 5.75 Å². The summed E-state index contributed by atoms with van der Waals surface area (Å²) in [5.41, 5.74) is 6.29. The van der Waals surface area contributed by atoms with Crippen LogP contribution in [0, 0.1) is 12.3 Å². The lowest BCUT2D eigenvalue weighted by atomic mass is 10.0. The minimum atomic E-state index is -4.71. The molecular weight excluding hydrogens is 281 g/mol. The fourth-order valence-corrected chi connectivity index (χ4v) is 1.98. The number of terminal acetylenes is 1. The quantitative estimate of drug-likeness (QED) is 0.761. The molecule has 0 aliphatic heterocycles. The first-order valence-electron chi connectivity index (χ1n) is 6.67. The average molecular weight is 300 g/mol. The summed E-state index contributed by atoms with van der Waals surface area (Å²) in [6.45, 7) is 2.22. The number of nitrogens with two attached hydrogens (primary N) is 1. The lowest BCUT2D eigenvalue weighted by Gasteiger charge is -2.22. The Labute approximate surface area is 122 Å². The molecule has 0 bridgehead atoms. The van der Waals surface area contributed by atoms with E-state index in [1.54, 1.807) is 6.07 Å². The number of alkyl halides is 3. The maximum Gasteiger partial charge on any atom is 0.573 e. The molecule has 0 aliphatic rings. The first-order valence-corrected chi connectivity index (χ1v) is 6.67. The number of hydrogen-bond acceptors (Lipinski definition) is 3. The predicted octanol–water partition coefficient (Wildman–Crippen LogP) is 2.98. The van der Waals surface area contributed by atoms with Gasteiger partial charge in [-0.05, 0) is 24.1 Å². The average Bonchev–Trinajstić information content (AvgIpc) is 2.41. The van der Waals surface area contributed by atoms with Gasteiger partial charge in [-0.3, -0.25) is 5.32 Å². The van der Waals surface area contributed by atoms with E-state index >= 15 is 0 Å². The molecular formula is C15H19F3N2O. The Kier molecular flexibility index (Phi) is 6.53. The van der Waals surface area contributed by atoms with Crippen LogP contribution in [0.1, 0.15) is 31.4 Å². The maximum absolute atomic E-state index is 12.2. The van der Waals surface area contributed by atoms with E-state index in [2.05, 4.69) is 16.0 Å². The Morgan fingerprint density at radius 1 is 1.43 bits per heavy atom. The van der Waals surface area contributed by atoms with Gasteiger partial charge in [-0.2, -0.15) is 0 Å². The van der Waals surface area contributed by atoms with Gasteiger partial charge in [0, 0.05) is 12.6 Å². The molecule has 0 fully saturated rings. The van der Waals surface area contributed by atoms with Gasteiger partial charge in [0.25, 0.3) is 0 Å². The summed E-state index contributed by atoms with van der Waals surface area (Å²) in [7, 11) is 0. The van der Waals surface area contributed by atoms with Crippen LogP contribution in [0.15, 0.2) is 24.3 Å². The van der Waals surface area contributed by atoms with Crippen molar-refractivity contribution in [3.8, 4) is 18.1 Å². The van der Waals surface area contributed by atoms with Gasteiger partial charge in [0.2, 0.25) is 0 Å². The zero-order valence-corrected chi connectivity index (χ0v) is 11.8. The molecule has 0 aliphatic carbocycles. The van der Waals surface area contributed by atoms with E-state index in [4.69, 9.17) is 12.2 Å². The minimum Gasteiger partial charge on any atom is -0.406 e. The van der Waals surface area contributed by atoms with Gasteiger partial charge in [0.05, 0.1) is 6.04 Å². The normalized spacial score (nSPS) is 14.3. The third-order valence-electron chi connectivity index (χ3n) is 2.91. The summed E-state index contributed by atoms with van der Waals surface area (Å²) in [5.74, 6) is 2.34.